The normalized spacial score (nSPS) is 21.5. The van der Waals surface area contributed by atoms with Gasteiger partial charge in [-0.05, 0) is 6.08 Å². The Morgan fingerprint density at radius 2 is 2.42 bits per heavy atom. The lowest BCUT2D eigenvalue weighted by Gasteiger charge is -1.96. The van der Waals surface area contributed by atoms with Crippen LogP contribution in [0.25, 0.3) is 0 Å². The van der Waals surface area contributed by atoms with Gasteiger partial charge in [0.2, 0.25) is 0 Å². The first-order valence-corrected chi connectivity index (χ1v) is 3.75. The highest BCUT2D eigenvalue weighted by molar-refractivity contribution is 5.90. The molecule has 1 unspecified atom stereocenters. The van der Waals surface area contributed by atoms with E-state index in [9.17, 15) is 4.79 Å². The highest BCUT2D eigenvalue weighted by Crippen LogP contribution is 2.06. The first-order valence-electron chi connectivity index (χ1n) is 3.75. The molecule has 0 aromatic heterocycles. The summed E-state index contributed by atoms with van der Waals surface area (Å²) in [6.07, 6.45) is 7.13. The van der Waals surface area contributed by atoms with Gasteiger partial charge < -0.3 is 4.74 Å². The van der Waals surface area contributed by atoms with Gasteiger partial charge in [0.25, 0.3) is 0 Å². The summed E-state index contributed by atoms with van der Waals surface area (Å²) in [5.41, 5.74) is 0.345. The molecule has 0 radical (unpaired) electrons. The van der Waals surface area contributed by atoms with Gasteiger partial charge in [-0.15, -0.1) is 0 Å². The molecule has 0 spiro atoms. The molecule has 0 saturated heterocycles. The van der Waals surface area contributed by atoms with Crippen molar-refractivity contribution in [3.05, 3.63) is 23.9 Å². The third-order valence-electron chi connectivity index (χ3n) is 1.51. The van der Waals surface area contributed by atoms with Crippen LogP contribution in [0.2, 0.25) is 0 Å². The number of carbonyl (C=O) groups is 1. The molecule has 1 aliphatic heterocycles. The van der Waals surface area contributed by atoms with E-state index in [0.717, 1.165) is 0 Å². The number of aliphatic imine (C=N–C) groups is 1. The Hall–Kier alpha value is -1.38. The van der Waals surface area contributed by atoms with Crippen molar-refractivity contribution >= 4 is 12.2 Å². The van der Waals surface area contributed by atoms with E-state index in [1.165, 1.54) is 7.11 Å². The van der Waals surface area contributed by atoms with Gasteiger partial charge in [-0.3, -0.25) is 4.99 Å². The molecule has 1 aliphatic rings. The summed E-state index contributed by atoms with van der Waals surface area (Å²) in [6.45, 7) is 1.99. The van der Waals surface area contributed by atoms with E-state index in [-0.39, 0.29) is 5.92 Å². The Morgan fingerprint density at radius 1 is 1.67 bits per heavy atom. The zero-order valence-electron chi connectivity index (χ0n) is 7.15. The summed E-state index contributed by atoms with van der Waals surface area (Å²) in [4.78, 5) is 15.0. The highest BCUT2D eigenvalue weighted by atomic mass is 16.5. The van der Waals surface area contributed by atoms with Crippen LogP contribution in [0.15, 0.2) is 28.9 Å². The zero-order valence-corrected chi connectivity index (χ0v) is 7.15. The van der Waals surface area contributed by atoms with Crippen LogP contribution >= 0.6 is 0 Å². The van der Waals surface area contributed by atoms with Crippen molar-refractivity contribution in [1.82, 2.24) is 0 Å². The first kappa shape index (κ1) is 8.71. The third-order valence-corrected chi connectivity index (χ3v) is 1.51. The molecule has 1 rings (SSSR count). The third kappa shape index (κ3) is 2.05. The lowest BCUT2D eigenvalue weighted by Crippen LogP contribution is -2.02. The summed E-state index contributed by atoms with van der Waals surface area (Å²) >= 11 is 0. The molecule has 3 heteroatoms. The molecule has 12 heavy (non-hydrogen) atoms. The van der Waals surface area contributed by atoms with Gasteiger partial charge in [0.1, 0.15) is 5.70 Å². The second kappa shape index (κ2) is 3.85. The highest BCUT2D eigenvalue weighted by Gasteiger charge is 2.07. The molecule has 0 bridgehead atoms. The number of allylic oxidation sites excluding steroid dienone is 3. The molecule has 0 aromatic rings. The Balaban J connectivity index is 2.80. The van der Waals surface area contributed by atoms with Crippen molar-refractivity contribution in [2.45, 2.75) is 6.92 Å². The SMILES string of the molecule is COC(=O)C1=CC=CC(C)C=N1. The van der Waals surface area contributed by atoms with Gasteiger partial charge in [-0.1, -0.05) is 19.1 Å². The van der Waals surface area contributed by atoms with E-state index < -0.39 is 5.97 Å². The monoisotopic (exact) mass is 165 g/mol. The molecule has 1 atom stereocenters. The van der Waals surface area contributed by atoms with E-state index in [4.69, 9.17) is 0 Å². The average molecular weight is 165 g/mol. The van der Waals surface area contributed by atoms with Gasteiger partial charge in [-0.2, -0.15) is 0 Å². The van der Waals surface area contributed by atoms with Gasteiger partial charge in [0.05, 0.1) is 7.11 Å². The van der Waals surface area contributed by atoms with E-state index >= 15 is 0 Å². The predicted octanol–water partition coefficient (Wildman–Crippen LogP) is 1.32. The topological polar surface area (TPSA) is 38.7 Å². The van der Waals surface area contributed by atoms with Crippen LogP contribution in [0.4, 0.5) is 0 Å². The lowest BCUT2D eigenvalue weighted by atomic mass is 10.2. The van der Waals surface area contributed by atoms with Gasteiger partial charge in [0.15, 0.2) is 0 Å². The minimum absolute atomic E-state index is 0.267. The molecule has 0 aromatic carbocycles. The Morgan fingerprint density at radius 3 is 3.08 bits per heavy atom. The Kier molecular flexibility index (Phi) is 2.80. The van der Waals surface area contributed by atoms with E-state index in [1.54, 1.807) is 12.3 Å². The molecule has 1 heterocycles. The quantitative estimate of drug-likeness (QED) is 0.549. The molecule has 0 fully saturated rings. The number of ether oxygens (including phenoxy) is 1. The molecule has 0 saturated carbocycles. The molecular formula is C9H11NO2. The lowest BCUT2D eigenvalue weighted by molar-refractivity contribution is -0.136. The molecule has 3 nitrogen and oxygen atoms in total. The average Bonchev–Trinajstić information content (AvgIpc) is 2.29. The zero-order chi connectivity index (χ0) is 8.97. The number of hydrogen-bond acceptors (Lipinski definition) is 3. The summed E-state index contributed by atoms with van der Waals surface area (Å²) in [7, 11) is 1.34. The Bertz CT molecular complexity index is 264. The molecule has 0 N–H and O–H groups in total. The van der Waals surface area contributed by atoms with Crippen LogP contribution in [-0.2, 0) is 9.53 Å². The fourth-order valence-electron chi connectivity index (χ4n) is 0.838. The van der Waals surface area contributed by atoms with Crippen LogP contribution < -0.4 is 0 Å². The van der Waals surface area contributed by atoms with E-state index in [0.29, 0.717) is 5.70 Å². The fourth-order valence-corrected chi connectivity index (χ4v) is 0.838. The van der Waals surface area contributed by atoms with Crippen LogP contribution in [0, 0.1) is 5.92 Å². The molecule has 0 amide bonds. The van der Waals surface area contributed by atoms with Crippen molar-refractivity contribution in [3.8, 4) is 0 Å². The van der Waals surface area contributed by atoms with Crippen molar-refractivity contribution in [1.29, 1.82) is 0 Å². The Labute approximate surface area is 71.4 Å². The van der Waals surface area contributed by atoms with Crippen molar-refractivity contribution < 1.29 is 9.53 Å². The van der Waals surface area contributed by atoms with Crippen LogP contribution in [0.5, 0.6) is 0 Å². The summed E-state index contributed by atoms with van der Waals surface area (Å²) in [5, 5.41) is 0. The van der Waals surface area contributed by atoms with Crippen molar-refractivity contribution in [2.75, 3.05) is 7.11 Å². The number of esters is 1. The van der Waals surface area contributed by atoms with E-state index in [2.05, 4.69) is 9.73 Å². The van der Waals surface area contributed by atoms with Crippen molar-refractivity contribution in [2.24, 2.45) is 10.9 Å². The van der Waals surface area contributed by atoms with Crippen LogP contribution in [0.1, 0.15) is 6.92 Å². The number of carbonyl (C=O) groups excluding carboxylic acids is 1. The van der Waals surface area contributed by atoms with Crippen LogP contribution in [-0.4, -0.2) is 19.3 Å². The van der Waals surface area contributed by atoms with Crippen molar-refractivity contribution in [3.63, 3.8) is 0 Å². The van der Waals surface area contributed by atoms with Gasteiger partial charge >= 0.3 is 5.97 Å². The molecule has 64 valence electrons. The number of hydrogen-bond donors (Lipinski definition) is 0. The maximum atomic E-state index is 11.0. The smallest absolute Gasteiger partial charge is 0.356 e. The number of nitrogens with zero attached hydrogens (tertiary/aromatic N) is 1. The summed E-state index contributed by atoms with van der Waals surface area (Å²) in [5.74, 6) is -0.131. The first-order chi connectivity index (χ1) is 5.74. The molecule has 0 aliphatic carbocycles. The second-order valence-electron chi connectivity index (χ2n) is 2.57. The summed E-state index contributed by atoms with van der Waals surface area (Å²) in [6, 6.07) is 0. The molecular weight excluding hydrogens is 154 g/mol. The maximum Gasteiger partial charge on any atom is 0.356 e. The van der Waals surface area contributed by atoms with Crippen LogP contribution in [0.3, 0.4) is 0 Å². The minimum atomic E-state index is -0.398. The van der Waals surface area contributed by atoms with Gasteiger partial charge in [-0.25, -0.2) is 4.79 Å². The summed E-state index contributed by atoms with van der Waals surface area (Å²) < 4.78 is 4.53. The predicted molar refractivity (Wildman–Crippen MR) is 46.9 cm³/mol. The number of rotatable bonds is 1. The maximum absolute atomic E-state index is 11.0. The minimum Gasteiger partial charge on any atom is -0.464 e. The standard InChI is InChI=1S/C9H11NO2/c1-7-4-3-5-8(10-6-7)9(11)12-2/h3-7H,1-2H3. The fraction of sp³-hybridized carbons (Fsp3) is 0.333. The largest absolute Gasteiger partial charge is 0.464 e. The second-order valence-corrected chi connectivity index (χ2v) is 2.57. The number of methoxy groups -OCH3 is 1. The van der Waals surface area contributed by atoms with E-state index in [1.807, 2.05) is 19.1 Å². The van der Waals surface area contributed by atoms with Gasteiger partial charge in [0, 0.05) is 12.1 Å².